The molecule has 0 aromatic heterocycles. The van der Waals surface area contributed by atoms with E-state index in [1.165, 1.54) is 6.92 Å². The van der Waals surface area contributed by atoms with Crippen molar-refractivity contribution in [2.24, 2.45) is 0 Å². The number of hydrogen-bond donors (Lipinski definition) is 0. The first-order chi connectivity index (χ1) is 8.69. The van der Waals surface area contributed by atoms with Gasteiger partial charge in [0.25, 0.3) is 0 Å². The standard InChI is InChI=1S/C15H14O3/c1-11(16)12-6-8-13(9-7-12)18-15-5-3-4-14(10-15)17-2/h3-10H,1-2H3. The molecule has 2 aromatic rings. The number of Topliss-reactive ketones (excluding diaryl/α,β-unsaturated/α-hetero) is 1. The van der Waals surface area contributed by atoms with E-state index < -0.39 is 0 Å². The Labute approximate surface area is 106 Å². The van der Waals surface area contributed by atoms with Gasteiger partial charge >= 0.3 is 0 Å². The first kappa shape index (κ1) is 12.2. The Kier molecular flexibility index (Phi) is 3.63. The van der Waals surface area contributed by atoms with Crippen LogP contribution in [0.15, 0.2) is 48.5 Å². The summed E-state index contributed by atoms with van der Waals surface area (Å²) < 4.78 is 10.8. The van der Waals surface area contributed by atoms with E-state index in [0.717, 1.165) is 5.75 Å². The van der Waals surface area contributed by atoms with Gasteiger partial charge in [-0.05, 0) is 43.3 Å². The lowest BCUT2D eigenvalue weighted by Crippen LogP contribution is -1.91. The van der Waals surface area contributed by atoms with Crippen molar-refractivity contribution in [3.8, 4) is 17.2 Å². The highest BCUT2D eigenvalue weighted by molar-refractivity contribution is 5.94. The quantitative estimate of drug-likeness (QED) is 0.767. The molecule has 0 N–H and O–H groups in total. The molecule has 0 radical (unpaired) electrons. The lowest BCUT2D eigenvalue weighted by Gasteiger charge is -2.07. The molecular weight excluding hydrogens is 228 g/mol. The summed E-state index contributed by atoms with van der Waals surface area (Å²) in [4.78, 5) is 11.1. The molecule has 0 aliphatic rings. The monoisotopic (exact) mass is 242 g/mol. The summed E-state index contributed by atoms with van der Waals surface area (Å²) in [5, 5.41) is 0. The zero-order valence-electron chi connectivity index (χ0n) is 10.3. The molecule has 0 amide bonds. The average Bonchev–Trinajstić information content (AvgIpc) is 2.39. The van der Waals surface area contributed by atoms with Gasteiger partial charge in [0.1, 0.15) is 17.2 Å². The minimum Gasteiger partial charge on any atom is -0.497 e. The first-order valence-electron chi connectivity index (χ1n) is 5.62. The molecular formula is C15H14O3. The topological polar surface area (TPSA) is 35.5 Å². The Balaban J connectivity index is 2.15. The SMILES string of the molecule is COc1cccc(Oc2ccc(C(C)=O)cc2)c1. The van der Waals surface area contributed by atoms with Crippen LogP contribution in [0.1, 0.15) is 17.3 Å². The number of methoxy groups -OCH3 is 1. The Bertz CT molecular complexity index is 544. The molecule has 2 rings (SSSR count). The van der Waals surface area contributed by atoms with Crippen molar-refractivity contribution in [1.82, 2.24) is 0 Å². The van der Waals surface area contributed by atoms with Crippen LogP contribution in [-0.4, -0.2) is 12.9 Å². The fraction of sp³-hybridized carbons (Fsp3) is 0.133. The minimum absolute atomic E-state index is 0.0444. The number of rotatable bonds is 4. The van der Waals surface area contributed by atoms with Crippen LogP contribution in [0.25, 0.3) is 0 Å². The Morgan fingerprint density at radius 1 is 0.944 bits per heavy atom. The van der Waals surface area contributed by atoms with Crippen molar-refractivity contribution in [1.29, 1.82) is 0 Å². The fourth-order valence-electron chi connectivity index (χ4n) is 1.56. The van der Waals surface area contributed by atoms with Gasteiger partial charge in [0.2, 0.25) is 0 Å². The van der Waals surface area contributed by atoms with Gasteiger partial charge in [-0.1, -0.05) is 6.07 Å². The van der Waals surface area contributed by atoms with Crippen molar-refractivity contribution in [3.63, 3.8) is 0 Å². The van der Waals surface area contributed by atoms with Crippen LogP contribution < -0.4 is 9.47 Å². The summed E-state index contributed by atoms with van der Waals surface area (Å²) in [5.74, 6) is 2.17. The zero-order valence-corrected chi connectivity index (χ0v) is 10.3. The maximum Gasteiger partial charge on any atom is 0.159 e. The summed E-state index contributed by atoms with van der Waals surface area (Å²) in [6.45, 7) is 1.54. The molecule has 0 aliphatic carbocycles. The maximum atomic E-state index is 11.1. The van der Waals surface area contributed by atoms with Gasteiger partial charge in [0, 0.05) is 11.6 Å². The van der Waals surface area contributed by atoms with Gasteiger partial charge in [0.15, 0.2) is 5.78 Å². The predicted molar refractivity (Wildman–Crippen MR) is 69.5 cm³/mol. The number of ketones is 1. The Morgan fingerprint density at radius 2 is 1.61 bits per heavy atom. The molecule has 0 fully saturated rings. The van der Waals surface area contributed by atoms with E-state index in [9.17, 15) is 4.79 Å². The number of hydrogen-bond acceptors (Lipinski definition) is 3. The third-order valence-electron chi connectivity index (χ3n) is 2.54. The van der Waals surface area contributed by atoms with Gasteiger partial charge in [-0.15, -0.1) is 0 Å². The molecule has 0 heterocycles. The second kappa shape index (κ2) is 5.36. The molecule has 2 aromatic carbocycles. The van der Waals surface area contributed by atoms with Gasteiger partial charge in [0.05, 0.1) is 7.11 Å². The molecule has 0 unspecified atom stereocenters. The van der Waals surface area contributed by atoms with E-state index in [1.807, 2.05) is 18.2 Å². The minimum atomic E-state index is 0.0444. The van der Waals surface area contributed by atoms with Crippen molar-refractivity contribution in [2.75, 3.05) is 7.11 Å². The highest BCUT2D eigenvalue weighted by Gasteiger charge is 2.01. The summed E-state index contributed by atoms with van der Waals surface area (Å²) in [6.07, 6.45) is 0. The van der Waals surface area contributed by atoms with Gasteiger partial charge in [-0.3, -0.25) is 4.79 Å². The second-order valence-electron chi connectivity index (χ2n) is 3.86. The Hall–Kier alpha value is -2.29. The highest BCUT2D eigenvalue weighted by Crippen LogP contribution is 2.25. The molecule has 0 saturated carbocycles. The Morgan fingerprint density at radius 3 is 2.22 bits per heavy atom. The van der Waals surface area contributed by atoms with Crippen molar-refractivity contribution in [2.45, 2.75) is 6.92 Å². The van der Waals surface area contributed by atoms with Crippen LogP contribution in [-0.2, 0) is 0 Å². The smallest absolute Gasteiger partial charge is 0.159 e. The lowest BCUT2D eigenvalue weighted by molar-refractivity contribution is 0.101. The van der Waals surface area contributed by atoms with Crippen LogP contribution >= 0.6 is 0 Å². The number of carbonyl (C=O) groups is 1. The van der Waals surface area contributed by atoms with Gasteiger partial charge in [-0.25, -0.2) is 0 Å². The summed E-state index contributed by atoms with van der Waals surface area (Å²) in [7, 11) is 1.61. The summed E-state index contributed by atoms with van der Waals surface area (Å²) in [5.41, 5.74) is 0.674. The summed E-state index contributed by atoms with van der Waals surface area (Å²) in [6, 6.07) is 14.4. The van der Waals surface area contributed by atoms with Crippen LogP contribution in [0.5, 0.6) is 17.2 Å². The van der Waals surface area contributed by atoms with E-state index >= 15 is 0 Å². The normalized spacial score (nSPS) is 9.89. The van der Waals surface area contributed by atoms with E-state index in [1.54, 1.807) is 37.4 Å². The first-order valence-corrected chi connectivity index (χ1v) is 5.62. The van der Waals surface area contributed by atoms with Gasteiger partial charge < -0.3 is 9.47 Å². The lowest BCUT2D eigenvalue weighted by atomic mass is 10.1. The average molecular weight is 242 g/mol. The molecule has 0 spiro atoms. The van der Waals surface area contributed by atoms with Crippen LogP contribution in [0.3, 0.4) is 0 Å². The van der Waals surface area contributed by atoms with E-state index in [-0.39, 0.29) is 5.78 Å². The van der Waals surface area contributed by atoms with E-state index in [0.29, 0.717) is 17.1 Å². The van der Waals surface area contributed by atoms with E-state index in [2.05, 4.69) is 0 Å². The zero-order chi connectivity index (χ0) is 13.0. The number of ether oxygens (including phenoxy) is 2. The molecule has 0 atom stereocenters. The molecule has 0 aliphatic heterocycles. The molecule has 3 nitrogen and oxygen atoms in total. The van der Waals surface area contributed by atoms with Gasteiger partial charge in [-0.2, -0.15) is 0 Å². The van der Waals surface area contributed by atoms with E-state index in [4.69, 9.17) is 9.47 Å². The van der Waals surface area contributed by atoms with Crippen molar-refractivity contribution in [3.05, 3.63) is 54.1 Å². The maximum absolute atomic E-state index is 11.1. The predicted octanol–water partition coefficient (Wildman–Crippen LogP) is 3.69. The van der Waals surface area contributed by atoms with Crippen molar-refractivity contribution < 1.29 is 14.3 Å². The second-order valence-corrected chi connectivity index (χ2v) is 3.86. The third kappa shape index (κ3) is 2.88. The molecule has 92 valence electrons. The van der Waals surface area contributed by atoms with Crippen molar-refractivity contribution >= 4 is 5.78 Å². The molecule has 3 heteroatoms. The van der Waals surface area contributed by atoms with Crippen LogP contribution in [0.2, 0.25) is 0 Å². The third-order valence-corrected chi connectivity index (χ3v) is 2.54. The molecule has 0 saturated heterocycles. The van der Waals surface area contributed by atoms with Crippen LogP contribution in [0.4, 0.5) is 0 Å². The number of benzene rings is 2. The highest BCUT2D eigenvalue weighted by atomic mass is 16.5. The summed E-state index contributed by atoms with van der Waals surface area (Å²) >= 11 is 0. The number of carbonyl (C=O) groups excluding carboxylic acids is 1. The fourth-order valence-corrected chi connectivity index (χ4v) is 1.56. The molecule has 0 bridgehead atoms. The largest absolute Gasteiger partial charge is 0.497 e. The van der Waals surface area contributed by atoms with Crippen LogP contribution in [0, 0.1) is 0 Å². The molecule has 18 heavy (non-hydrogen) atoms.